The fourth-order valence-electron chi connectivity index (χ4n) is 1.26. The second-order valence-corrected chi connectivity index (χ2v) is 4.32. The van der Waals surface area contributed by atoms with Crippen molar-refractivity contribution in [2.75, 3.05) is 13.7 Å². The molecule has 16 heavy (non-hydrogen) atoms. The molecule has 1 N–H and O–H groups in total. The van der Waals surface area contributed by atoms with Gasteiger partial charge in [-0.05, 0) is 5.56 Å². The topological polar surface area (TPSA) is 49.8 Å². The van der Waals surface area contributed by atoms with Gasteiger partial charge in [-0.25, -0.2) is 4.79 Å². The van der Waals surface area contributed by atoms with E-state index < -0.39 is 6.09 Å². The zero-order valence-electron chi connectivity index (χ0n) is 8.97. The molecule has 0 aliphatic carbocycles. The van der Waals surface area contributed by atoms with Crippen LogP contribution in [0, 0.1) is 0 Å². The Labute approximate surface area is 103 Å². The first-order valence-corrected chi connectivity index (χ1v) is 5.73. The van der Waals surface area contributed by atoms with Gasteiger partial charge in [-0.1, -0.05) is 46.3 Å². The molecule has 88 valence electrons. The van der Waals surface area contributed by atoms with Crippen molar-refractivity contribution in [3.8, 4) is 0 Å². The summed E-state index contributed by atoms with van der Waals surface area (Å²) in [5.41, 5.74) is 0.959. The summed E-state index contributed by atoms with van der Waals surface area (Å²) in [5, 5.41) is 8.74. The lowest BCUT2D eigenvalue weighted by Crippen LogP contribution is -2.34. The molecular formula is C11H14BrNO3. The molecule has 1 amide bonds. The van der Waals surface area contributed by atoms with Gasteiger partial charge in [-0.15, -0.1) is 0 Å². The van der Waals surface area contributed by atoms with Crippen LogP contribution >= 0.6 is 15.9 Å². The maximum absolute atomic E-state index is 11.0. The molecule has 0 saturated heterocycles. The maximum atomic E-state index is 11.0. The van der Waals surface area contributed by atoms with E-state index in [4.69, 9.17) is 9.84 Å². The first-order valence-electron chi connectivity index (χ1n) is 4.82. The van der Waals surface area contributed by atoms with E-state index in [1.165, 1.54) is 12.0 Å². The lowest BCUT2D eigenvalue weighted by molar-refractivity contribution is 0.105. The summed E-state index contributed by atoms with van der Waals surface area (Å²) in [6.45, 7) is 0.655. The smallest absolute Gasteiger partial charge is 0.407 e. The molecule has 5 heteroatoms. The molecule has 4 nitrogen and oxygen atoms in total. The van der Waals surface area contributed by atoms with Crippen molar-refractivity contribution in [1.82, 2.24) is 4.90 Å². The van der Waals surface area contributed by atoms with Crippen LogP contribution in [0.5, 0.6) is 0 Å². The van der Waals surface area contributed by atoms with Crippen LogP contribution in [0.1, 0.15) is 5.56 Å². The monoisotopic (exact) mass is 287 g/mol. The summed E-state index contributed by atoms with van der Waals surface area (Å²) >= 11 is 3.23. The molecule has 1 aromatic carbocycles. The summed E-state index contributed by atoms with van der Waals surface area (Å²) in [7, 11) is 1.53. The molecular weight excluding hydrogens is 274 g/mol. The SMILES string of the molecule is COC(Br)CN(Cc1ccccc1)C(=O)O. The van der Waals surface area contributed by atoms with Crippen molar-refractivity contribution >= 4 is 22.0 Å². The lowest BCUT2D eigenvalue weighted by Gasteiger charge is -2.21. The third-order valence-corrected chi connectivity index (χ3v) is 2.77. The van der Waals surface area contributed by atoms with E-state index >= 15 is 0 Å². The third kappa shape index (κ3) is 4.20. The molecule has 1 rings (SSSR count). The van der Waals surface area contributed by atoms with Crippen LogP contribution in [-0.4, -0.2) is 34.8 Å². The Bertz CT molecular complexity index is 331. The Hall–Kier alpha value is -1.07. The molecule has 0 aromatic heterocycles. The second kappa shape index (κ2) is 6.50. The standard InChI is InChI=1S/C11H14BrNO3/c1-16-10(12)8-13(11(14)15)7-9-5-3-2-4-6-9/h2-6,10H,7-8H2,1H3,(H,14,15). The highest BCUT2D eigenvalue weighted by atomic mass is 79.9. The van der Waals surface area contributed by atoms with Crippen molar-refractivity contribution < 1.29 is 14.6 Å². The molecule has 1 aromatic rings. The minimum Gasteiger partial charge on any atom is -0.465 e. The molecule has 0 aliphatic heterocycles. The number of carbonyl (C=O) groups is 1. The first kappa shape index (κ1) is 13.0. The number of hydrogen-bond acceptors (Lipinski definition) is 2. The van der Waals surface area contributed by atoms with Gasteiger partial charge >= 0.3 is 6.09 Å². The fraction of sp³-hybridized carbons (Fsp3) is 0.364. The average molecular weight is 288 g/mol. The van der Waals surface area contributed by atoms with E-state index in [1.54, 1.807) is 0 Å². The minimum atomic E-state index is -0.953. The van der Waals surface area contributed by atoms with E-state index in [0.29, 0.717) is 13.1 Å². The van der Waals surface area contributed by atoms with Crippen LogP contribution in [0.4, 0.5) is 4.79 Å². The van der Waals surface area contributed by atoms with Crippen LogP contribution in [0.3, 0.4) is 0 Å². The Morgan fingerprint density at radius 3 is 2.62 bits per heavy atom. The Morgan fingerprint density at radius 1 is 1.50 bits per heavy atom. The van der Waals surface area contributed by atoms with E-state index in [0.717, 1.165) is 5.56 Å². The van der Waals surface area contributed by atoms with Gasteiger partial charge in [0.25, 0.3) is 0 Å². The lowest BCUT2D eigenvalue weighted by atomic mass is 10.2. The van der Waals surface area contributed by atoms with Gasteiger partial charge in [-0.2, -0.15) is 0 Å². The van der Waals surface area contributed by atoms with Crippen LogP contribution in [0.2, 0.25) is 0 Å². The Morgan fingerprint density at radius 2 is 2.12 bits per heavy atom. The number of alkyl halides is 1. The number of ether oxygens (including phenoxy) is 1. The first-order chi connectivity index (χ1) is 7.63. The minimum absolute atomic E-state index is 0.285. The number of hydrogen-bond donors (Lipinski definition) is 1. The van der Waals surface area contributed by atoms with Crippen molar-refractivity contribution in [1.29, 1.82) is 0 Å². The molecule has 1 unspecified atom stereocenters. The summed E-state index contributed by atoms with van der Waals surface area (Å²) in [5.74, 6) is 0. The van der Waals surface area contributed by atoms with Crippen LogP contribution in [-0.2, 0) is 11.3 Å². The number of benzene rings is 1. The summed E-state index contributed by atoms with van der Waals surface area (Å²) in [4.78, 5) is 12.3. The van der Waals surface area contributed by atoms with E-state index in [-0.39, 0.29) is 5.01 Å². The normalized spacial score (nSPS) is 12.1. The molecule has 0 heterocycles. The highest BCUT2D eigenvalue weighted by Gasteiger charge is 2.16. The summed E-state index contributed by atoms with van der Waals surface area (Å²) in [6.07, 6.45) is -0.953. The number of carboxylic acid groups (broad SMARTS) is 1. The van der Waals surface area contributed by atoms with Gasteiger partial charge in [0.2, 0.25) is 0 Å². The van der Waals surface area contributed by atoms with Gasteiger partial charge < -0.3 is 14.7 Å². The number of rotatable bonds is 5. The molecule has 0 fully saturated rings. The van der Waals surface area contributed by atoms with E-state index in [9.17, 15) is 4.79 Å². The number of halogens is 1. The highest BCUT2D eigenvalue weighted by Crippen LogP contribution is 2.09. The molecule has 0 saturated carbocycles. The number of methoxy groups -OCH3 is 1. The van der Waals surface area contributed by atoms with Crippen LogP contribution < -0.4 is 0 Å². The Kier molecular flexibility index (Phi) is 5.28. The van der Waals surface area contributed by atoms with Gasteiger partial charge in [0.15, 0.2) is 0 Å². The zero-order valence-corrected chi connectivity index (χ0v) is 10.6. The third-order valence-electron chi connectivity index (χ3n) is 2.11. The quantitative estimate of drug-likeness (QED) is 0.847. The van der Waals surface area contributed by atoms with Gasteiger partial charge in [0.1, 0.15) is 5.01 Å². The Balaban J connectivity index is 2.62. The van der Waals surface area contributed by atoms with Gasteiger partial charge in [0, 0.05) is 13.7 Å². The number of amides is 1. The van der Waals surface area contributed by atoms with Crippen LogP contribution in [0.15, 0.2) is 30.3 Å². The van der Waals surface area contributed by atoms with E-state index in [1.807, 2.05) is 30.3 Å². The van der Waals surface area contributed by atoms with Gasteiger partial charge in [-0.3, -0.25) is 0 Å². The van der Waals surface area contributed by atoms with E-state index in [2.05, 4.69) is 15.9 Å². The summed E-state index contributed by atoms with van der Waals surface area (Å²) in [6, 6.07) is 9.46. The highest BCUT2D eigenvalue weighted by molar-refractivity contribution is 9.09. The fourth-order valence-corrected chi connectivity index (χ4v) is 1.61. The molecule has 1 atom stereocenters. The maximum Gasteiger partial charge on any atom is 0.407 e. The van der Waals surface area contributed by atoms with Crippen molar-refractivity contribution in [3.05, 3.63) is 35.9 Å². The molecule has 0 spiro atoms. The molecule has 0 bridgehead atoms. The predicted molar refractivity (Wildman–Crippen MR) is 64.6 cm³/mol. The zero-order chi connectivity index (χ0) is 12.0. The average Bonchev–Trinajstić information content (AvgIpc) is 2.29. The largest absolute Gasteiger partial charge is 0.465 e. The number of nitrogens with zero attached hydrogens (tertiary/aromatic N) is 1. The van der Waals surface area contributed by atoms with Crippen LogP contribution in [0.25, 0.3) is 0 Å². The van der Waals surface area contributed by atoms with Crippen molar-refractivity contribution in [2.24, 2.45) is 0 Å². The van der Waals surface area contributed by atoms with Crippen molar-refractivity contribution in [2.45, 2.75) is 11.6 Å². The second-order valence-electron chi connectivity index (χ2n) is 3.29. The van der Waals surface area contributed by atoms with Crippen molar-refractivity contribution in [3.63, 3.8) is 0 Å². The molecule has 0 radical (unpaired) electrons. The molecule has 0 aliphatic rings. The van der Waals surface area contributed by atoms with Gasteiger partial charge in [0.05, 0.1) is 6.54 Å². The predicted octanol–water partition coefficient (Wildman–Crippen LogP) is 2.53. The summed E-state index contributed by atoms with van der Waals surface area (Å²) < 4.78 is 4.98.